The highest BCUT2D eigenvalue weighted by Gasteiger charge is 2.30. The van der Waals surface area contributed by atoms with Crippen LogP contribution < -0.4 is 5.56 Å². The van der Waals surface area contributed by atoms with Crippen molar-refractivity contribution in [3.05, 3.63) is 68.4 Å². The molecular weight excluding hydrogens is 421 g/mol. The van der Waals surface area contributed by atoms with Gasteiger partial charge in [-0.25, -0.2) is 0 Å². The molecule has 0 N–H and O–H groups in total. The first-order valence-corrected chi connectivity index (χ1v) is 11.0. The molecule has 1 atom stereocenters. The molecule has 0 aliphatic carbocycles. The van der Waals surface area contributed by atoms with Gasteiger partial charge in [0, 0.05) is 33.1 Å². The summed E-state index contributed by atoms with van der Waals surface area (Å²) >= 11 is 12.4. The van der Waals surface area contributed by atoms with Crippen LogP contribution >= 0.6 is 23.2 Å². The van der Waals surface area contributed by atoms with E-state index in [9.17, 15) is 9.59 Å². The average molecular weight is 446 g/mol. The van der Waals surface area contributed by atoms with E-state index < -0.39 is 5.92 Å². The van der Waals surface area contributed by atoms with E-state index in [4.69, 9.17) is 27.9 Å². The van der Waals surface area contributed by atoms with Crippen LogP contribution in [0.4, 0.5) is 0 Å². The Morgan fingerprint density at radius 3 is 2.30 bits per heavy atom. The average Bonchev–Trinajstić information content (AvgIpc) is 2.73. The maximum atomic E-state index is 13.7. The number of carbonyl (C=O) groups is 1. The Hall–Kier alpha value is -2.30. The molecule has 0 amide bonds. The maximum absolute atomic E-state index is 13.7. The van der Waals surface area contributed by atoms with E-state index in [2.05, 4.69) is 0 Å². The Labute approximate surface area is 186 Å². The van der Waals surface area contributed by atoms with Gasteiger partial charge in [0.15, 0.2) is 0 Å². The van der Waals surface area contributed by atoms with Gasteiger partial charge in [-0.15, -0.1) is 0 Å². The highest BCUT2D eigenvalue weighted by Crippen LogP contribution is 2.37. The normalized spacial score (nSPS) is 12.2. The van der Waals surface area contributed by atoms with E-state index >= 15 is 0 Å². The van der Waals surface area contributed by atoms with Crippen molar-refractivity contribution in [2.45, 2.75) is 46.1 Å². The summed E-state index contributed by atoms with van der Waals surface area (Å²) in [7, 11) is 0. The fraction of sp³-hybridized carbons (Fsp3) is 0.333. The van der Waals surface area contributed by atoms with Crippen molar-refractivity contribution in [3.63, 3.8) is 0 Å². The SMILES string of the molecule is CCCC(C(=O)OCC)c1c(-c2ccc(Cl)cc2)c2cc(Cl)ccc2n(CC)c1=O. The number of fused-ring (bicyclic) bond motifs is 1. The van der Waals surface area contributed by atoms with Gasteiger partial charge in [0.2, 0.25) is 0 Å². The summed E-state index contributed by atoms with van der Waals surface area (Å²) in [5.74, 6) is -1.04. The van der Waals surface area contributed by atoms with Crippen LogP contribution in [0.3, 0.4) is 0 Å². The summed E-state index contributed by atoms with van der Waals surface area (Å²) in [6.07, 6.45) is 1.26. The quantitative estimate of drug-likeness (QED) is 0.393. The molecule has 0 saturated heterocycles. The predicted molar refractivity (Wildman–Crippen MR) is 124 cm³/mol. The molecule has 0 saturated carbocycles. The zero-order valence-electron chi connectivity index (χ0n) is 17.4. The predicted octanol–water partition coefficient (Wildman–Crippen LogP) is 6.44. The molecule has 0 fully saturated rings. The molecule has 158 valence electrons. The number of esters is 1. The van der Waals surface area contributed by atoms with E-state index in [0.717, 1.165) is 22.9 Å². The number of nitrogens with zero attached hydrogens (tertiary/aromatic N) is 1. The molecule has 2 aromatic carbocycles. The summed E-state index contributed by atoms with van der Waals surface area (Å²) in [5, 5.41) is 1.99. The topological polar surface area (TPSA) is 48.3 Å². The molecule has 0 bridgehead atoms. The van der Waals surface area contributed by atoms with Crippen molar-refractivity contribution < 1.29 is 9.53 Å². The van der Waals surface area contributed by atoms with Crippen molar-refractivity contribution in [3.8, 4) is 11.1 Å². The minimum atomic E-state index is -0.658. The lowest BCUT2D eigenvalue weighted by atomic mass is 9.86. The molecule has 1 unspecified atom stereocenters. The highest BCUT2D eigenvalue weighted by molar-refractivity contribution is 6.31. The fourth-order valence-corrected chi connectivity index (χ4v) is 4.23. The maximum Gasteiger partial charge on any atom is 0.313 e. The molecule has 1 aromatic heterocycles. The molecule has 30 heavy (non-hydrogen) atoms. The van der Waals surface area contributed by atoms with Gasteiger partial charge >= 0.3 is 5.97 Å². The van der Waals surface area contributed by atoms with Gasteiger partial charge in [0.25, 0.3) is 5.56 Å². The Morgan fingerprint density at radius 1 is 1.03 bits per heavy atom. The molecule has 3 aromatic rings. The summed E-state index contributed by atoms with van der Waals surface area (Å²) in [6, 6.07) is 12.8. The third kappa shape index (κ3) is 4.26. The first kappa shape index (κ1) is 22.4. The van der Waals surface area contributed by atoms with Gasteiger partial charge < -0.3 is 9.30 Å². The Balaban J connectivity index is 2.48. The van der Waals surface area contributed by atoms with E-state index in [1.165, 1.54) is 0 Å². The number of benzene rings is 2. The van der Waals surface area contributed by atoms with E-state index in [1.54, 1.807) is 29.7 Å². The molecule has 0 aliphatic rings. The molecule has 4 nitrogen and oxygen atoms in total. The van der Waals surface area contributed by atoms with Gasteiger partial charge in [0.05, 0.1) is 18.0 Å². The van der Waals surface area contributed by atoms with Gasteiger partial charge in [0.1, 0.15) is 0 Å². The molecule has 3 rings (SSSR count). The van der Waals surface area contributed by atoms with Crippen LogP contribution in [0, 0.1) is 0 Å². The van der Waals surface area contributed by atoms with E-state index in [1.807, 2.05) is 38.1 Å². The van der Waals surface area contributed by atoms with Crippen LogP contribution in [0.2, 0.25) is 10.0 Å². The Morgan fingerprint density at radius 2 is 1.70 bits per heavy atom. The van der Waals surface area contributed by atoms with Gasteiger partial charge in [-0.2, -0.15) is 0 Å². The van der Waals surface area contributed by atoms with E-state index in [0.29, 0.717) is 34.1 Å². The number of ether oxygens (including phenoxy) is 1. The standard InChI is InChI=1S/C24H25Cl2NO3/c1-4-7-18(24(29)30-6-3)22-21(15-8-10-16(25)11-9-15)19-14-17(26)12-13-20(19)27(5-2)23(22)28/h8-14,18H,4-7H2,1-3H3. The second-order valence-electron chi connectivity index (χ2n) is 7.10. The number of rotatable bonds is 7. The monoisotopic (exact) mass is 445 g/mol. The number of aryl methyl sites for hydroxylation is 1. The lowest BCUT2D eigenvalue weighted by Crippen LogP contribution is -2.30. The summed E-state index contributed by atoms with van der Waals surface area (Å²) in [4.78, 5) is 26.6. The smallest absolute Gasteiger partial charge is 0.313 e. The van der Waals surface area contributed by atoms with Crippen molar-refractivity contribution >= 4 is 40.1 Å². The van der Waals surface area contributed by atoms with Gasteiger partial charge in [-0.1, -0.05) is 48.7 Å². The van der Waals surface area contributed by atoms with Crippen LogP contribution in [0.1, 0.15) is 45.1 Å². The molecule has 6 heteroatoms. The molecule has 0 aliphatic heterocycles. The third-order valence-corrected chi connectivity index (χ3v) is 5.70. The lowest BCUT2D eigenvalue weighted by Gasteiger charge is -2.22. The van der Waals surface area contributed by atoms with Crippen LogP contribution in [-0.4, -0.2) is 17.1 Å². The Bertz CT molecular complexity index is 1120. The van der Waals surface area contributed by atoms with Gasteiger partial charge in [-0.05, 0) is 56.2 Å². The lowest BCUT2D eigenvalue weighted by molar-refractivity contribution is -0.145. The number of carbonyl (C=O) groups excluding carboxylic acids is 1. The molecule has 0 radical (unpaired) electrons. The minimum Gasteiger partial charge on any atom is -0.466 e. The van der Waals surface area contributed by atoms with Crippen molar-refractivity contribution in [2.75, 3.05) is 6.61 Å². The van der Waals surface area contributed by atoms with E-state index in [-0.39, 0.29) is 18.1 Å². The highest BCUT2D eigenvalue weighted by atomic mass is 35.5. The molecule has 1 heterocycles. The summed E-state index contributed by atoms with van der Waals surface area (Å²) in [5.41, 5.74) is 2.58. The first-order valence-electron chi connectivity index (χ1n) is 10.2. The third-order valence-electron chi connectivity index (χ3n) is 5.21. The van der Waals surface area contributed by atoms with Gasteiger partial charge in [-0.3, -0.25) is 9.59 Å². The minimum absolute atomic E-state index is 0.177. The second kappa shape index (κ2) is 9.67. The first-order chi connectivity index (χ1) is 14.4. The summed E-state index contributed by atoms with van der Waals surface area (Å²) in [6.45, 7) is 6.42. The number of aromatic nitrogens is 1. The van der Waals surface area contributed by atoms with Crippen LogP contribution in [0.5, 0.6) is 0 Å². The summed E-state index contributed by atoms with van der Waals surface area (Å²) < 4.78 is 7.05. The van der Waals surface area contributed by atoms with Crippen LogP contribution in [0.25, 0.3) is 22.0 Å². The largest absolute Gasteiger partial charge is 0.466 e. The van der Waals surface area contributed by atoms with Crippen molar-refractivity contribution in [1.82, 2.24) is 4.57 Å². The Kier molecular flexibility index (Phi) is 7.22. The zero-order valence-corrected chi connectivity index (χ0v) is 18.9. The molecule has 0 spiro atoms. The second-order valence-corrected chi connectivity index (χ2v) is 7.97. The number of pyridine rings is 1. The van der Waals surface area contributed by atoms with Crippen LogP contribution in [-0.2, 0) is 16.1 Å². The number of hydrogen-bond donors (Lipinski definition) is 0. The molecular formula is C24H25Cl2NO3. The number of hydrogen-bond acceptors (Lipinski definition) is 3. The van der Waals surface area contributed by atoms with Crippen molar-refractivity contribution in [2.24, 2.45) is 0 Å². The van der Waals surface area contributed by atoms with Crippen molar-refractivity contribution in [1.29, 1.82) is 0 Å². The van der Waals surface area contributed by atoms with Crippen LogP contribution in [0.15, 0.2) is 47.3 Å². The fourth-order valence-electron chi connectivity index (χ4n) is 3.93. The zero-order chi connectivity index (χ0) is 21.8. The number of halogens is 2.